The van der Waals surface area contributed by atoms with Gasteiger partial charge in [0.1, 0.15) is 5.82 Å². The van der Waals surface area contributed by atoms with E-state index in [2.05, 4.69) is 9.71 Å². The van der Waals surface area contributed by atoms with Crippen molar-refractivity contribution in [3.05, 3.63) is 53.1 Å². The van der Waals surface area contributed by atoms with E-state index in [1.807, 2.05) is 0 Å². The Morgan fingerprint density at radius 1 is 1.32 bits per heavy atom. The number of halogens is 2. The number of benzene rings is 1. The minimum atomic E-state index is -3.82. The summed E-state index contributed by atoms with van der Waals surface area (Å²) in [6, 6.07) is 4.92. The van der Waals surface area contributed by atoms with E-state index in [0.29, 0.717) is 5.56 Å². The van der Waals surface area contributed by atoms with Gasteiger partial charge < -0.3 is 0 Å². The lowest BCUT2D eigenvalue weighted by Crippen LogP contribution is -2.14. The van der Waals surface area contributed by atoms with E-state index >= 15 is 0 Å². The van der Waals surface area contributed by atoms with Gasteiger partial charge in [-0.05, 0) is 36.8 Å². The maximum atomic E-state index is 13.0. The van der Waals surface area contributed by atoms with Crippen molar-refractivity contribution in [2.45, 2.75) is 11.8 Å². The van der Waals surface area contributed by atoms with Crippen molar-refractivity contribution < 1.29 is 12.8 Å². The smallest absolute Gasteiger partial charge is 0.262 e. The summed E-state index contributed by atoms with van der Waals surface area (Å²) in [5.41, 5.74) is 0.486. The molecular formula is C12H10ClFN2O2S. The van der Waals surface area contributed by atoms with E-state index in [0.717, 1.165) is 12.1 Å². The Morgan fingerprint density at radius 3 is 2.68 bits per heavy atom. The molecule has 100 valence electrons. The van der Waals surface area contributed by atoms with Gasteiger partial charge in [0.15, 0.2) is 0 Å². The molecule has 0 amide bonds. The van der Waals surface area contributed by atoms with Gasteiger partial charge in [-0.15, -0.1) is 0 Å². The summed E-state index contributed by atoms with van der Waals surface area (Å²) in [5, 5.41) is 0.235. The van der Waals surface area contributed by atoms with Crippen LogP contribution < -0.4 is 4.72 Å². The Morgan fingerprint density at radius 2 is 2.05 bits per heavy atom. The van der Waals surface area contributed by atoms with Crippen molar-refractivity contribution >= 4 is 27.3 Å². The third-order valence-corrected chi connectivity index (χ3v) is 4.29. The summed E-state index contributed by atoms with van der Waals surface area (Å²) in [6.45, 7) is 1.52. The normalized spacial score (nSPS) is 11.3. The minimum Gasteiger partial charge on any atom is -0.277 e. The maximum absolute atomic E-state index is 13.0. The maximum Gasteiger partial charge on any atom is 0.262 e. The van der Waals surface area contributed by atoms with Crippen LogP contribution in [0.2, 0.25) is 5.02 Å². The zero-order chi connectivity index (χ0) is 14.0. The lowest BCUT2D eigenvalue weighted by Gasteiger charge is -2.11. The summed E-state index contributed by atoms with van der Waals surface area (Å²) in [6.07, 6.45) is 2.75. The number of nitrogens with zero attached hydrogens (tertiary/aromatic N) is 1. The van der Waals surface area contributed by atoms with Gasteiger partial charge in [0.05, 0.1) is 21.8 Å². The highest BCUT2D eigenvalue weighted by molar-refractivity contribution is 7.92. The van der Waals surface area contributed by atoms with Crippen LogP contribution in [0, 0.1) is 12.7 Å². The predicted octanol–water partition coefficient (Wildman–Crippen LogP) is 2.98. The van der Waals surface area contributed by atoms with Gasteiger partial charge in [0.25, 0.3) is 10.0 Å². The summed E-state index contributed by atoms with van der Waals surface area (Å²) in [4.78, 5) is 3.78. The van der Waals surface area contributed by atoms with Crippen LogP contribution in [0.1, 0.15) is 5.56 Å². The molecule has 0 bridgehead atoms. The molecular weight excluding hydrogens is 291 g/mol. The monoisotopic (exact) mass is 300 g/mol. The topological polar surface area (TPSA) is 59.1 Å². The van der Waals surface area contributed by atoms with Gasteiger partial charge in [-0.1, -0.05) is 11.6 Å². The fraction of sp³-hybridized carbons (Fsp3) is 0.0833. The molecule has 1 aromatic carbocycles. The quantitative estimate of drug-likeness (QED) is 0.948. The number of hydrogen-bond donors (Lipinski definition) is 1. The first-order valence-electron chi connectivity index (χ1n) is 5.28. The highest BCUT2D eigenvalue weighted by Crippen LogP contribution is 2.24. The van der Waals surface area contributed by atoms with Crippen molar-refractivity contribution in [1.82, 2.24) is 4.98 Å². The molecule has 0 saturated carbocycles. The lowest BCUT2D eigenvalue weighted by atomic mass is 10.2. The Hall–Kier alpha value is -1.66. The Bertz CT molecular complexity index is 719. The van der Waals surface area contributed by atoms with E-state index < -0.39 is 15.8 Å². The molecule has 1 N–H and O–H groups in total. The largest absolute Gasteiger partial charge is 0.277 e. The van der Waals surface area contributed by atoms with E-state index in [-0.39, 0.29) is 15.6 Å². The molecule has 2 aromatic rings. The molecule has 0 radical (unpaired) electrons. The number of aryl methyl sites for hydroxylation is 1. The SMILES string of the molecule is Cc1cc(F)ccc1S(=O)(=O)Nc1cnccc1Cl. The number of pyridine rings is 1. The van der Waals surface area contributed by atoms with Crippen molar-refractivity contribution in [2.24, 2.45) is 0 Å². The number of rotatable bonds is 3. The second kappa shape index (κ2) is 5.14. The second-order valence-electron chi connectivity index (χ2n) is 3.87. The van der Waals surface area contributed by atoms with Crippen LogP contribution >= 0.6 is 11.6 Å². The van der Waals surface area contributed by atoms with Crippen LogP contribution in [0.25, 0.3) is 0 Å². The van der Waals surface area contributed by atoms with Crippen LogP contribution in [0.15, 0.2) is 41.6 Å². The number of hydrogen-bond acceptors (Lipinski definition) is 3. The highest BCUT2D eigenvalue weighted by atomic mass is 35.5. The first kappa shape index (κ1) is 13.8. The zero-order valence-electron chi connectivity index (χ0n) is 9.89. The molecule has 19 heavy (non-hydrogen) atoms. The summed E-state index contributed by atoms with van der Waals surface area (Å²) < 4.78 is 39.6. The van der Waals surface area contributed by atoms with Gasteiger partial charge in [0.2, 0.25) is 0 Å². The van der Waals surface area contributed by atoms with Crippen LogP contribution in [0.3, 0.4) is 0 Å². The molecule has 1 heterocycles. The predicted molar refractivity (Wildman–Crippen MR) is 71.2 cm³/mol. The summed E-state index contributed by atoms with van der Waals surface area (Å²) >= 11 is 5.86. The molecule has 0 fully saturated rings. The fourth-order valence-electron chi connectivity index (χ4n) is 1.57. The van der Waals surface area contributed by atoms with E-state index in [1.165, 1.54) is 31.5 Å². The Balaban J connectivity index is 2.41. The van der Waals surface area contributed by atoms with Gasteiger partial charge in [-0.2, -0.15) is 0 Å². The third-order valence-electron chi connectivity index (χ3n) is 2.44. The lowest BCUT2D eigenvalue weighted by molar-refractivity contribution is 0.598. The third kappa shape index (κ3) is 3.02. The van der Waals surface area contributed by atoms with E-state index in [4.69, 9.17) is 11.6 Å². The molecule has 0 aliphatic carbocycles. The van der Waals surface area contributed by atoms with Crippen LogP contribution in [-0.2, 0) is 10.0 Å². The summed E-state index contributed by atoms with van der Waals surface area (Å²) in [7, 11) is -3.82. The van der Waals surface area contributed by atoms with Gasteiger partial charge in [-0.25, -0.2) is 12.8 Å². The first-order chi connectivity index (χ1) is 8.90. The minimum absolute atomic E-state index is 0.00572. The van der Waals surface area contributed by atoms with Gasteiger partial charge in [-0.3, -0.25) is 9.71 Å². The Kier molecular flexibility index (Phi) is 3.73. The molecule has 2 rings (SSSR count). The van der Waals surface area contributed by atoms with Crippen molar-refractivity contribution in [3.63, 3.8) is 0 Å². The van der Waals surface area contributed by atoms with Gasteiger partial charge >= 0.3 is 0 Å². The second-order valence-corrected chi connectivity index (χ2v) is 5.93. The van der Waals surface area contributed by atoms with Crippen molar-refractivity contribution in [1.29, 1.82) is 0 Å². The molecule has 1 aromatic heterocycles. The molecule has 0 aliphatic rings. The molecule has 7 heteroatoms. The number of aromatic nitrogens is 1. The van der Waals surface area contributed by atoms with Crippen LogP contribution in [0.5, 0.6) is 0 Å². The van der Waals surface area contributed by atoms with Gasteiger partial charge in [0, 0.05) is 6.20 Å². The Labute approximate surface area is 115 Å². The average molecular weight is 301 g/mol. The fourth-order valence-corrected chi connectivity index (χ4v) is 3.07. The zero-order valence-corrected chi connectivity index (χ0v) is 11.5. The molecule has 0 spiro atoms. The van der Waals surface area contributed by atoms with Crippen LogP contribution in [-0.4, -0.2) is 13.4 Å². The molecule has 0 unspecified atom stereocenters. The average Bonchev–Trinajstić information content (AvgIpc) is 2.31. The molecule has 4 nitrogen and oxygen atoms in total. The highest BCUT2D eigenvalue weighted by Gasteiger charge is 2.18. The number of sulfonamides is 1. The van der Waals surface area contributed by atoms with Crippen molar-refractivity contribution in [3.8, 4) is 0 Å². The van der Waals surface area contributed by atoms with Crippen molar-refractivity contribution in [2.75, 3.05) is 4.72 Å². The number of nitrogens with one attached hydrogen (secondary N) is 1. The van der Waals surface area contributed by atoms with E-state index in [9.17, 15) is 12.8 Å². The molecule has 0 atom stereocenters. The first-order valence-corrected chi connectivity index (χ1v) is 7.15. The summed E-state index contributed by atoms with van der Waals surface area (Å²) in [5.74, 6) is -0.490. The molecule has 0 saturated heterocycles. The number of anilines is 1. The molecule has 0 aliphatic heterocycles. The van der Waals surface area contributed by atoms with Crippen LogP contribution in [0.4, 0.5) is 10.1 Å². The van der Waals surface area contributed by atoms with E-state index in [1.54, 1.807) is 0 Å². The standard InChI is InChI=1S/C12H10ClFN2O2S/c1-8-6-9(14)2-3-12(8)19(17,18)16-11-7-15-5-4-10(11)13/h2-7,16H,1H3.